The highest BCUT2D eigenvalue weighted by molar-refractivity contribution is 5.70. The summed E-state index contributed by atoms with van der Waals surface area (Å²) in [5.41, 5.74) is 5.84. The number of halogens is 4. The quantitative estimate of drug-likeness (QED) is 0.577. The van der Waals surface area contributed by atoms with E-state index in [2.05, 4.69) is 24.7 Å². The van der Waals surface area contributed by atoms with E-state index in [0.29, 0.717) is 19.5 Å². The van der Waals surface area contributed by atoms with E-state index in [0.717, 1.165) is 0 Å². The molecule has 0 aromatic carbocycles. The zero-order valence-corrected chi connectivity index (χ0v) is 19.3. The molecular weight excluding hydrogens is 488 g/mol. The number of likely N-dealkylation sites (tertiary alicyclic amines) is 1. The molecule has 194 valence electrons. The number of hydrogen-bond acceptors (Lipinski definition) is 10. The maximum Gasteiger partial charge on any atom is 0.410 e. The summed E-state index contributed by atoms with van der Waals surface area (Å²) < 4.78 is 62.9. The van der Waals surface area contributed by atoms with Gasteiger partial charge in [-0.1, -0.05) is 0 Å². The summed E-state index contributed by atoms with van der Waals surface area (Å²) in [7, 11) is 0. The largest absolute Gasteiger partial charge is 0.450 e. The molecule has 1 amide bonds. The lowest BCUT2D eigenvalue weighted by molar-refractivity contribution is -0.0524. The number of carbonyl (C=O) groups is 1. The first-order chi connectivity index (χ1) is 17.1. The van der Waals surface area contributed by atoms with Crippen LogP contribution in [0.3, 0.4) is 0 Å². The standard InChI is InChI=1S/C21H24F4N8O3/c1-2-35-20(34)33-9-11-5-12(33)8-32(11)19-29-13(6-15(30-19)31-4-3-21(24,25)10-31)14-7-27-16(26)17(28-14)36-18(22)23/h6-7,11-12,18H,2-5,8-10H2,1H3,(H2,26,27)/t11-,12-/m0/s1. The Morgan fingerprint density at radius 1 is 1.22 bits per heavy atom. The van der Waals surface area contributed by atoms with Crippen LogP contribution >= 0.6 is 0 Å². The average molecular weight is 512 g/mol. The summed E-state index contributed by atoms with van der Waals surface area (Å²) >= 11 is 0. The van der Waals surface area contributed by atoms with Crippen molar-refractivity contribution >= 4 is 23.7 Å². The van der Waals surface area contributed by atoms with Crippen molar-refractivity contribution in [2.75, 3.05) is 48.3 Å². The zero-order valence-electron chi connectivity index (χ0n) is 19.3. The summed E-state index contributed by atoms with van der Waals surface area (Å²) in [6.45, 7) is -0.762. The molecule has 2 atom stereocenters. The summed E-state index contributed by atoms with van der Waals surface area (Å²) in [6, 6.07) is 1.25. The second-order valence-corrected chi connectivity index (χ2v) is 8.81. The lowest BCUT2D eigenvalue weighted by Crippen LogP contribution is -2.49. The summed E-state index contributed by atoms with van der Waals surface area (Å²) in [5.74, 6) is -3.26. The van der Waals surface area contributed by atoms with Gasteiger partial charge in [0.2, 0.25) is 5.95 Å². The normalized spacial score (nSPS) is 22.6. The SMILES string of the molecule is CCOC(=O)N1C[C@@H]2C[C@H]1CN2c1nc(-c2cnc(N)c(OC(F)F)n2)cc(N2CCC(F)(F)C2)n1. The Morgan fingerprint density at radius 2 is 2.03 bits per heavy atom. The summed E-state index contributed by atoms with van der Waals surface area (Å²) in [5, 5.41) is 0. The van der Waals surface area contributed by atoms with E-state index >= 15 is 0 Å². The molecule has 15 heteroatoms. The third kappa shape index (κ3) is 4.60. The molecule has 0 spiro atoms. The number of nitrogens with zero attached hydrogens (tertiary/aromatic N) is 7. The number of amides is 1. The second-order valence-electron chi connectivity index (χ2n) is 8.81. The number of nitrogen functional groups attached to an aromatic ring is 1. The highest BCUT2D eigenvalue weighted by atomic mass is 19.3. The lowest BCUT2D eigenvalue weighted by Gasteiger charge is -2.34. The van der Waals surface area contributed by atoms with Crippen molar-refractivity contribution in [3.05, 3.63) is 12.3 Å². The minimum atomic E-state index is -3.16. The molecule has 3 fully saturated rings. The number of fused-ring (bicyclic) bond motifs is 2. The Bertz CT molecular complexity index is 1160. The minimum Gasteiger partial charge on any atom is -0.450 e. The molecule has 0 unspecified atom stereocenters. The minimum absolute atomic E-state index is 0.0632. The maximum atomic E-state index is 14.0. The molecule has 5 heterocycles. The third-order valence-corrected chi connectivity index (χ3v) is 6.42. The molecule has 2 aromatic heterocycles. The van der Waals surface area contributed by atoms with Crippen LogP contribution in [0.1, 0.15) is 19.8 Å². The second kappa shape index (κ2) is 9.09. The lowest BCUT2D eigenvalue weighted by atomic mass is 10.2. The average Bonchev–Trinajstić information content (AvgIpc) is 3.54. The molecule has 36 heavy (non-hydrogen) atoms. The highest BCUT2D eigenvalue weighted by Crippen LogP contribution is 2.37. The van der Waals surface area contributed by atoms with Crippen molar-refractivity contribution in [3.8, 4) is 17.3 Å². The van der Waals surface area contributed by atoms with Gasteiger partial charge in [-0.3, -0.25) is 0 Å². The third-order valence-electron chi connectivity index (χ3n) is 6.42. The predicted molar refractivity (Wildman–Crippen MR) is 119 cm³/mol. The number of alkyl halides is 4. The number of nitrogens with two attached hydrogens (primary N) is 1. The van der Waals surface area contributed by atoms with E-state index in [9.17, 15) is 22.4 Å². The van der Waals surface area contributed by atoms with Crippen LogP contribution < -0.4 is 20.3 Å². The molecule has 0 aliphatic carbocycles. The number of piperazine rings is 1. The van der Waals surface area contributed by atoms with Crippen molar-refractivity contribution < 1.29 is 31.8 Å². The molecule has 2 bridgehead atoms. The van der Waals surface area contributed by atoms with Gasteiger partial charge in [0.1, 0.15) is 11.5 Å². The van der Waals surface area contributed by atoms with Gasteiger partial charge in [0.15, 0.2) is 5.82 Å². The molecular formula is C21H24F4N8O3. The fourth-order valence-corrected chi connectivity index (χ4v) is 4.79. The van der Waals surface area contributed by atoms with E-state index in [4.69, 9.17) is 10.5 Å². The van der Waals surface area contributed by atoms with Gasteiger partial charge >= 0.3 is 12.7 Å². The Morgan fingerprint density at radius 3 is 2.67 bits per heavy atom. The first-order valence-electron chi connectivity index (χ1n) is 11.4. The van der Waals surface area contributed by atoms with Gasteiger partial charge in [-0.15, -0.1) is 0 Å². The predicted octanol–water partition coefficient (Wildman–Crippen LogP) is 2.38. The van der Waals surface area contributed by atoms with Gasteiger partial charge in [0, 0.05) is 32.1 Å². The Kier molecular flexibility index (Phi) is 6.08. The van der Waals surface area contributed by atoms with E-state index in [1.54, 1.807) is 11.8 Å². The van der Waals surface area contributed by atoms with Crippen molar-refractivity contribution in [3.63, 3.8) is 0 Å². The molecule has 3 saturated heterocycles. The number of ether oxygens (including phenoxy) is 2. The Balaban J connectivity index is 1.49. The summed E-state index contributed by atoms with van der Waals surface area (Å²) in [4.78, 5) is 34.2. The van der Waals surface area contributed by atoms with Crippen molar-refractivity contribution in [1.82, 2.24) is 24.8 Å². The van der Waals surface area contributed by atoms with Crippen molar-refractivity contribution in [2.45, 2.75) is 44.4 Å². The van der Waals surface area contributed by atoms with Crippen LogP contribution in [0.15, 0.2) is 12.3 Å². The van der Waals surface area contributed by atoms with E-state index in [1.165, 1.54) is 17.2 Å². The van der Waals surface area contributed by atoms with E-state index in [1.807, 2.05) is 4.90 Å². The van der Waals surface area contributed by atoms with Crippen LogP contribution in [-0.4, -0.2) is 88.3 Å². The van der Waals surface area contributed by atoms with Crippen LogP contribution in [0.5, 0.6) is 5.88 Å². The van der Waals surface area contributed by atoms with Crippen LogP contribution in [0.4, 0.5) is 39.9 Å². The molecule has 0 radical (unpaired) electrons. The molecule has 2 N–H and O–H groups in total. The fraction of sp³-hybridized carbons (Fsp3) is 0.571. The van der Waals surface area contributed by atoms with Gasteiger partial charge < -0.3 is 29.9 Å². The number of rotatable bonds is 6. The van der Waals surface area contributed by atoms with Crippen LogP contribution in [-0.2, 0) is 4.74 Å². The molecule has 0 saturated carbocycles. The number of carbonyl (C=O) groups excluding carboxylic acids is 1. The molecule has 11 nitrogen and oxygen atoms in total. The van der Waals surface area contributed by atoms with Crippen molar-refractivity contribution in [2.24, 2.45) is 0 Å². The smallest absolute Gasteiger partial charge is 0.410 e. The first-order valence-corrected chi connectivity index (χ1v) is 11.4. The van der Waals surface area contributed by atoms with Crippen molar-refractivity contribution in [1.29, 1.82) is 0 Å². The topological polar surface area (TPSA) is 123 Å². The van der Waals surface area contributed by atoms with E-state index < -0.39 is 25.0 Å². The molecule has 3 aliphatic rings. The van der Waals surface area contributed by atoms with Crippen LogP contribution in [0.25, 0.3) is 11.4 Å². The van der Waals surface area contributed by atoms with Gasteiger partial charge in [-0.05, 0) is 13.3 Å². The van der Waals surface area contributed by atoms with Gasteiger partial charge in [0.25, 0.3) is 11.8 Å². The van der Waals surface area contributed by atoms with Gasteiger partial charge in [-0.2, -0.15) is 13.8 Å². The highest BCUT2D eigenvalue weighted by Gasteiger charge is 2.47. The van der Waals surface area contributed by atoms with Gasteiger partial charge in [-0.25, -0.2) is 28.5 Å². The first kappa shape index (κ1) is 24.1. The molecule has 3 aliphatic heterocycles. The number of aromatic nitrogens is 4. The monoisotopic (exact) mass is 512 g/mol. The van der Waals surface area contributed by atoms with Gasteiger partial charge in [0.05, 0.1) is 37.1 Å². The van der Waals surface area contributed by atoms with Crippen LogP contribution in [0, 0.1) is 0 Å². The number of anilines is 3. The zero-order chi connectivity index (χ0) is 25.6. The fourth-order valence-electron chi connectivity index (χ4n) is 4.79. The number of hydrogen-bond donors (Lipinski definition) is 1. The van der Waals surface area contributed by atoms with Crippen LogP contribution in [0.2, 0.25) is 0 Å². The molecule has 5 rings (SSSR count). The summed E-state index contributed by atoms with van der Waals surface area (Å²) in [6.07, 6.45) is 1.21. The Labute approximate surface area is 203 Å². The Hall–Kier alpha value is -3.65. The molecule has 2 aromatic rings. The van der Waals surface area contributed by atoms with E-state index in [-0.39, 0.29) is 66.7 Å². The maximum absolute atomic E-state index is 14.0.